The summed E-state index contributed by atoms with van der Waals surface area (Å²) in [5.41, 5.74) is 2.58. The number of pyridine rings is 1. The lowest BCUT2D eigenvalue weighted by atomic mass is 10.1. The standard InChI is InChI=1S/C20H17N3OS/c1-3-14-4-5-15(25-14)10-18-17-11-16(13-6-8-21-9-7-13)12(2)22-19(17)23-20(18)24/h4-11,22H,2-3H2,1H3,(H,23,24). The summed E-state index contributed by atoms with van der Waals surface area (Å²) in [7, 11) is 0. The van der Waals surface area contributed by atoms with Gasteiger partial charge in [-0.15, -0.1) is 11.3 Å². The van der Waals surface area contributed by atoms with E-state index in [0.29, 0.717) is 10.7 Å². The lowest BCUT2D eigenvalue weighted by Crippen LogP contribution is -2.22. The molecule has 2 aromatic heterocycles. The van der Waals surface area contributed by atoms with E-state index in [9.17, 15) is 4.79 Å². The van der Waals surface area contributed by atoms with Gasteiger partial charge in [-0.1, -0.05) is 13.5 Å². The van der Waals surface area contributed by atoms with Gasteiger partial charge in [0.05, 0.1) is 5.22 Å². The van der Waals surface area contributed by atoms with Gasteiger partial charge in [-0.3, -0.25) is 9.78 Å². The summed E-state index contributed by atoms with van der Waals surface area (Å²) in [6, 6.07) is 10.1. The van der Waals surface area contributed by atoms with Crippen molar-refractivity contribution in [1.29, 1.82) is 0 Å². The summed E-state index contributed by atoms with van der Waals surface area (Å²) in [4.78, 5) is 25.0. The molecule has 5 heteroatoms. The number of nitrogens with one attached hydrogen (secondary N) is 2. The predicted octanol–water partition coefficient (Wildman–Crippen LogP) is 2.35. The molecule has 0 aromatic carbocycles. The first kappa shape index (κ1) is 15.6. The van der Waals surface area contributed by atoms with Gasteiger partial charge in [0, 0.05) is 38.3 Å². The highest BCUT2D eigenvalue weighted by Crippen LogP contribution is 2.17. The molecule has 2 aliphatic heterocycles. The first-order chi connectivity index (χ1) is 12.2. The number of aryl methyl sites for hydroxylation is 1. The Morgan fingerprint density at radius 2 is 2.00 bits per heavy atom. The molecule has 0 amide bonds. The molecule has 25 heavy (non-hydrogen) atoms. The van der Waals surface area contributed by atoms with Crippen LogP contribution in [0.4, 0.5) is 0 Å². The fourth-order valence-corrected chi connectivity index (χ4v) is 3.84. The maximum absolute atomic E-state index is 12.4. The van der Waals surface area contributed by atoms with E-state index in [2.05, 4.69) is 40.6 Å². The molecule has 4 rings (SSSR count). The Morgan fingerprint density at radius 3 is 2.72 bits per heavy atom. The Bertz CT molecular complexity index is 1270. The van der Waals surface area contributed by atoms with Crippen LogP contribution in [0.1, 0.15) is 16.7 Å². The zero-order valence-electron chi connectivity index (χ0n) is 13.8. The molecule has 2 aliphatic rings. The van der Waals surface area contributed by atoms with E-state index in [1.807, 2.05) is 24.3 Å². The lowest BCUT2D eigenvalue weighted by Gasteiger charge is -2.01. The van der Waals surface area contributed by atoms with E-state index < -0.39 is 0 Å². The molecule has 0 atom stereocenters. The average Bonchev–Trinajstić information content (AvgIpc) is 3.20. The zero-order valence-corrected chi connectivity index (χ0v) is 14.6. The summed E-state index contributed by atoms with van der Waals surface area (Å²) >= 11 is 1.71. The molecular weight excluding hydrogens is 330 g/mol. The second kappa shape index (κ2) is 6.18. The smallest absolute Gasteiger partial charge is 0.257 e. The van der Waals surface area contributed by atoms with E-state index in [4.69, 9.17) is 0 Å². The highest BCUT2D eigenvalue weighted by molar-refractivity contribution is 7.12. The molecule has 0 saturated carbocycles. The van der Waals surface area contributed by atoms with Crippen molar-refractivity contribution in [1.82, 2.24) is 15.0 Å². The van der Waals surface area contributed by atoms with Crippen molar-refractivity contribution in [2.24, 2.45) is 0 Å². The maximum Gasteiger partial charge on any atom is 0.257 e. The third kappa shape index (κ3) is 2.83. The number of aromatic amines is 2. The van der Waals surface area contributed by atoms with Gasteiger partial charge in [-0.25, -0.2) is 0 Å². The van der Waals surface area contributed by atoms with Gasteiger partial charge >= 0.3 is 0 Å². The second-order valence-electron chi connectivity index (χ2n) is 5.86. The highest BCUT2D eigenvalue weighted by atomic mass is 32.1. The van der Waals surface area contributed by atoms with Crippen LogP contribution in [0.25, 0.3) is 23.8 Å². The molecule has 4 heterocycles. The van der Waals surface area contributed by atoms with Crippen LogP contribution in [-0.4, -0.2) is 15.0 Å². The largest absolute Gasteiger partial charge is 0.341 e. The van der Waals surface area contributed by atoms with E-state index in [0.717, 1.165) is 33.0 Å². The summed E-state index contributed by atoms with van der Waals surface area (Å²) in [6.45, 7) is 6.21. The Hall–Kier alpha value is -2.92. The second-order valence-corrected chi connectivity index (χ2v) is 7.06. The Kier molecular flexibility index (Phi) is 3.86. The monoisotopic (exact) mass is 347 g/mol. The summed E-state index contributed by atoms with van der Waals surface area (Å²) in [5.74, 6) is 0. The van der Waals surface area contributed by atoms with E-state index in [-0.39, 0.29) is 5.56 Å². The molecule has 0 saturated heterocycles. The molecule has 4 nitrogen and oxygen atoms in total. The van der Waals surface area contributed by atoms with Crippen molar-refractivity contribution in [3.8, 4) is 11.1 Å². The molecule has 0 fully saturated rings. The fraction of sp³-hybridized carbons (Fsp3) is 0.100. The van der Waals surface area contributed by atoms with Crippen LogP contribution >= 0.6 is 11.3 Å². The Balaban J connectivity index is 2.00. The van der Waals surface area contributed by atoms with Gasteiger partial charge in [-0.2, -0.15) is 0 Å². The lowest BCUT2D eigenvalue weighted by molar-refractivity contribution is 1.08. The Morgan fingerprint density at radius 1 is 1.20 bits per heavy atom. The zero-order chi connectivity index (χ0) is 17.4. The third-order valence-corrected chi connectivity index (χ3v) is 5.42. The highest BCUT2D eigenvalue weighted by Gasteiger charge is 2.06. The van der Waals surface area contributed by atoms with Crippen molar-refractivity contribution < 1.29 is 0 Å². The molecular formula is C20H17N3OS. The van der Waals surface area contributed by atoms with Crippen LogP contribution in [0.15, 0.2) is 47.5 Å². The van der Waals surface area contributed by atoms with Crippen LogP contribution in [-0.2, 0) is 6.42 Å². The molecule has 2 aromatic rings. The van der Waals surface area contributed by atoms with E-state index in [1.54, 1.807) is 23.7 Å². The van der Waals surface area contributed by atoms with E-state index in [1.165, 1.54) is 4.88 Å². The number of H-pyrrole nitrogens is 2. The van der Waals surface area contributed by atoms with Crippen molar-refractivity contribution in [2.75, 3.05) is 0 Å². The fourth-order valence-electron chi connectivity index (χ4n) is 2.94. The third-order valence-electron chi connectivity index (χ3n) is 4.24. The first-order valence-corrected chi connectivity index (χ1v) is 8.92. The number of aromatic nitrogens is 3. The van der Waals surface area contributed by atoms with Gasteiger partial charge < -0.3 is 9.97 Å². The Labute approximate surface area is 147 Å². The predicted molar refractivity (Wildman–Crippen MR) is 102 cm³/mol. The van der Waals surface area contributed by atoms with Crippen molar-refractivity contribution in [3.05, 3.63) is 84.1 Å². The number of hydrogen-bond donors (Lipinski definition) is 2. The SMILES string of the molecule is C=c1[nH]c2[nH]c(=O)c(=Cc3ccc(CC)s3)c=2cc1-c1ccncc1. The molecule has 0 radical (unpaired) electrons. The summed E-state index contributed by atoms with van der Waals surface area (Å²) in [6.07, 6.45) is 6.46. The van der Waals surface area contributed by atoms with Gasteiger partial charge in [0.25, 0.3) is 5.56 Å². The summed E-state index contributed by atoms with van der Waals surface area (Å²) in [5, 5.41) is 2.30. The maximum atomic E-state index is 12.4. The number of rotatable bonds is 3. The normalized spacial score (nSPS) is 12.1. The van der Waals surface area contributed by atoms with E-state index >= 15 is 0 Å². The summed E-state index contributed by atoms with van der Waals surface area (Å²) < 4.78 is 0. The molecule has 0 unspecified atom stereocenters. The molecule has 0 aliphatic carbocycles. The van der Waals surface area contributed by atoms with Gasteiger partial charge in [0.2, 0.25) is 0 Å². The van der Waals surface area contributed by atoms with Crippen LogP contribution in [0.2, 0.25) is 0 Å². The minimum absolute atomic E-state index is 0.0935. The van der Waals surface area contributed by atoms with Gasteiger partial charge in [0.1, 0.15) is 5.48 Å². The topological polar surface area (TPSA) is 61.5 Å². The van der Waals surface area contributed by atoms with Crippen molar-refractivity contribution in [3.63, 3.8) is 0 Å². The van der Waals surface area contributed by atoms with Gasteiger partial charge in [0.15, 0.2) is 0 Å². The van der Waals surface area contributed by atoms with Gasteiger partial charge in [-0.05, 0) is 48.4 Å². The minimum atomic E-state index is -0.0935. The van der Waals surface area contributed by atoms with Crippen LogP contribution in [0.5, 0.6) is 0 Å². The molecule has 2 N–H and O–H groups in total. The van der Waals surface area contributed by atoms with Crippen LogP contribution in [0.3, 0.4) is 0 Å². The van der Waals surface area contributed by atoms with Crippen LogP contribution in [0, 0.1) is 10.7 Å². The number of hydrogen-bond acceptors (Lipinski definition) is 3. The molecule has 0 spiro atoms. The average molecular weight is 347 g/mol. The quantitative estimate of drug-likeness (QED) is 0.598. The minimum Gasteiger partial charge on any atom is -0.341 e. The van der Waals surface area contributed by atoms with Crippen LogP contribution < -0.4 is 16.1 Å². The first-order valence-electron chi connectivity index (χ1n) is 8.10. The molecule has 0 bridgehead atoms. The van der Waals surface area contributed by atoms with Crippen molar-refractivity contribution >= 4 is 24.0 Å². The molecule has 124 valence electrons. The van der Waals surface area contributed by atoms with Crippen molar-refractivity contribution in [2.45, 2.75) is 13.3 Å². The number of nitrogens with zero attached hydrogens (tertiary/aromatic N) is 1. The number of thiophene rings is 1.